The van der Waals surface area contributed by atoms with Crippen molar-refractivity contribution in [3.05, 3.63) is 58.7 Å². The van der Waals surface area contributed by atoms with Gasteiger partial charge in [0.15, 0.2) is 11.6 Å². The molecule has 0 fully saturated rings. The molecule has 2 aromatic carbocycles. The number of hydrogen-bond donors (Lipinski definition) is 3. The van der Waals surface area contributed by atoms with Crippen molar-refractivity contribution in [3.8, 4) is 17.1 Å². The van der Waals surface area contributed by atoms with E-state index in [-0.39, 0.29) is 16.8 Å². The van der Waals surface area contributed by atoms with E-state index >= 15 is 0 Å². The van der Waals surface area contributed by atoms with E-state index in [1.54, 1.807) is 6.07 Å². The Morgan fingerprint density at radius 1 is 1.22 bits per heavy atom. The third-order valence-corrected chi connectivity index (χ3v) is 5.07. The van der Waals surface area contributed by atoms with Crippen LogP contribution in [0.1, 0.15) is 52.6 Å². The van der Waals surface area contributed by atoms with Crippen LogP contribution >= 0.6 is 12.6 Å². The molecule has 1 atom stereocenters. The van der Waals surface area contributed by atoms with Gasteiger partial charge >= 0.3 is 0 Å². The average molecular weight is 382 g/mol. The molecule has 6 nitrogen and oxygen atoms in total. The molecule has 1 heterocycles. The van der Waals surface area contributed by atoms with Crippen molar-refractivity contribution >= 4 is 18.4 Å². The maximum absolute atomic E-state index is 11.7. The van der Waals surface area contributed by atoms with Crippen LogP contribution < -0.4 is 0 Å². The monoisotopic (exact) mass is 382 g/mol. The van der Waals surface area contributed by atoms with Gasteiger partial charge < -0.3 is 5.11 Å². The molecule has 1 aromatic heterocycles. The molecule has 0 spiro atoms. The van der Waals surface area contributed by atoms with Crippen molar-refractivity contribution in [2.24, 2.45) is 0 Å². The third kappa shape index (κ3) is 4.19. The third-order valence-electron chi connectivity index (χ3n) is 4.59. The van der Waals surface area contributed by atoms with Crippen LogP contribution in [0.3, 0.4) is 0 Å². The lowest BCUT2D eigenvalue weighted by Gasteiger charge is -2.17. The lowest BCUT2D eigenvalue weighted by atomic mass is 9.93. The van der Waals surface area contributed by atoms with E-state index < -0.39 is 0 Å². The van der Waals surface area contributed by atoms with Gasteiger partial charge in [-0.2, -0.15) is 12.6 Å². The molecule has 1 unspecified atom stereocenters. The highest BCUT2D eigenvalue weighted by Crippen LogP contribution is 2.33. The summed E-state index contributed by atoms with van der Waals surface area (Å²) in [5.41, 5.74) is 4.20. The molecule has 7 heteroatoms. The van der Waals surface area contributed by atoms with Crippen molar-refractivity contribution in [2.75, 3.05) is 0 Å². The normalized spacial score (nSPS) is 12.1. The van der Waals surface area contributed by atoms with Crippen molar-refractivity contribution in [1.29, 1.82) is 0 Å². The number of ketones is 1. The summed E-state index contributed by atoms with van der Waals surface area (Å²) < 4.78 is 0. The summed E-state index contributed by atoms with van der Waals surface area (Å²) >= 11 is 4.76. The van der Waals surface area contributed by atoms with E-state index in [1.165, 1.54) is 6.92 Å². The van der Waals surface area contributed by atoms with E-state index in [0.29, 0.717) is 17.8 Å². The van der Waals surface area contributed by atoms with Gasteiger partial charge in [-0.3, -0.25) is 4.79 Å². The Bertz CT molecular complexity index is 924. The zero-order valence-electron chi connectivity index (χ0n) is 15.3. The van der Waals surface area contributed by atoms with Gasteiger partial charge in [0.2, 0.25) is 0 Å². The number of Topliss-reactive ketones (excluding diaryl/α,β-unsaturated/α-hetero) is 1. The summed E-state index contributed by atoms with van der Waals surface area (Å²) in [6.07, 6.45) is 2.27. The Labute approximate surface area is 163 Å². The molecule has 0 saturated heterocycles. The SMILES string of the molecule is CCCc1c(CC(S)c2ccc(-c3nnn[nH]3)cc2)ccc(C(C)=O)c1O. The van der Waals surface area contributed by atoms with Crippen molar-refractivity contribution in [2.45, 2.75) is 38.4 Å². The van der Waals surface area contributed by atoms with Gasteiger partial charge in [-0.05, 0) is 52.9 Å². The summed E-state index contributed by atoms with van der Waals surface area (Å²) in [5, 5.41) is 24.3. The lowest BCUT2D eigenvalue weighted by molar-refractivity contribution is 0.101. The fourth-order valence-corrected chi connectivity index (χ4v) is 3.52. The molecule has 0 amide bonds. The number of benzene rings is 2. The molecular formula is C20H22N4O2S. The fraction of sp³-hybridized carbons (Fsp3) is 0.300. The number of tetrazole rings is 1. The molecule has 3 rings (SSSR count). The van der Waals surface area contributed by atoms with Gasteiger partial charge in [0.05, 0.1) is 5.56 Å². The first-order chi connectivity index (χ1) is 13.0. The second-order valence-electron chi connectivity index (χ2n) is 6.50. The standard InChI is InChI=1S/C20H22N4O2S/c1-3-4-17-15(9-10-16(12(2)25)19(17)26)11-18(27)13-5-7-14(8-6-13)20-21-23-24-22-20/h5-10,18,26-27H,3-4,11H2,1-2H3,(H,21,22,23,24). The molecule has 0 aliphatic carbocycles. The second-order valence-corrected chi connectivity index (χ2v) is 7.12. The number of aromatic nitrogens is 4. The first kappa shape index (κ1) is 19.1. The Balaban J connectivity index is 1.84. The van der Waals surface area contributed by atoms with Crippen LogP contribution in [-0.4, -0.2) is 31.5 Å². The average Bonchev–Trinajstić information content (AvgIpc) is 3.19. The molecule has 140 valence electrons. The molecule has 0 aliphatic rings. The molecule has 0 saturated carbocycles. The van der Waals surface area contributed by atoms with E-state index in [1.807, 2.05) is 30.3 Å². The highest BCUT2D eigenvalue weighted by atomic mass is 32.1. The topological polar surface area (TPSA) is 91.8 Å². The number of nitrogens with one attached hydrogen (secondary N) is 1. The Kier molecular flexibility index (Phi) is 5.91. The van der Waals surface area contributed by atoms with Crippen LogP contribution in [0, 0.1) is 0 Å². The van der Waals surface area contributed by atoms with Gasteiger partial charge in [-0.1, -0.05) is 43.7 Å². The van der Waals surface area contributed by atoms with E-state index in [2.05, 4.69) is 27.5 Å². The maximum Gasteiger partial charge on any atom is 0.179 e. The number of phenols is 1. The molecule has 27 heavy (non-hydrogen) atoms. The summed E-state index contributed by atoms with van der Waals surface area (Å²) in [6.45, 7) is 3.52. The Morgan fingerprint density at radius 2 is 1.96 bits per heavy atom. The zero-order chi connectivity index (χ0) is 19.4. The summed E-state index contributed by atoms with van der Waals surface area (Å²) in [4.78, 5) is 11.7. The minimum atomic E-state index is -0.128. The minimum Gasteiger partial charge on any atom is -0.507 e. The van der Waals surface area contributed by atoms with E-state index in [4.69, 9.17) is 12.6 Å². The molecule has 2 N–H and O–H groups in total. The van der Waals surface area contributed by atoms with E-state index in [9.17, 15) is 9.90 Å². The number of aromatic hydroxyl groups is 1. The number of thiol groups is 1. The van der Waals surface area contributed by atoms with Gasteiger partial charge in [0.25, 0.3) is 0 Å². The van der Waals surface area contributed by atoms with Crippen molar-refractivity contribution in [1.82, 2.24) is 20.6 Å². The molecule has 0 bridgehead atoms. The number of aromatic amines is 1. The number of carbonyl (C=O) groups excluding carboxylic acids is 1. The second kappa shape index (κ2) is 8.35. The highest BCUT2D eigenvalue weighted by molar-refractivity contribution is 7.80. The summed E-state index contributed by atoms with van der Waals surface area (Å²) in [5.74, 6) is 0.596. The molecule has 0 aliphatic heterocycles. The summed E-state index contributed by atoms with van der Waals surface area (Å²) in [6, 6.07) is 11.5. The number of nitrogens with zero attached hydrogens (tertiary/aromatic N) is 3. The Morgan fingerprint density at radius 3 is 2.56 bits per heavy atom. The molecular weight excluding hydrogens is 360 g/mol. The number of rotatable bonds is 7. The number of carbonyl (C=O) groups is 1. The smallest absolute Gasteiger partial charge is 0.179 e. The van der Waals surface area contributed by atoms with Crippen molar-refractivity contribution < 1.29 is 9.90 Å². The van der Waals surface area contributed by atoms with E-state index in [0.717, 1.165) is 35.1 Å². The van der Waals surface area contributed by atoms with Crippen LogP contribution in [0.25, 0.3) is 11.4 Å². The minimum absolute atomic E-state index is 0.0370. The lowest BCUT2D eigenvalue weighted by Crippen LogP contribution is -2.04. The van der Waals surface area contributed by atoms with Crippen LogP contribution in [0.2, 0.25) is 0 Å². The Hall–Kier alpha value is -2.67. The first-order valence-corrected chi connectivity index (χ1v) is 9.39. The van der Waals surface area contributed by atoms with Crippen molar-refractivity contribution in [3.63, 3.8) is 0 Å². The van der Waals surface area contributed by atoms with Gasteiger partial charge in [-0.25, -0.2) is 5.10 Å². The molecule has 3 aromatic rings. The van der Waals surface area contributed by atoms with Gasteiger partial charge in [0, 0.05) is 10.8 Å². The quantitative estimate of drug-likeness (QED) is 0.425. The number of phenolic OH excluding ortho intramolecular Hbond substituents is 1. The fourth-order valence-electron chi connectivity index (χ4n) is 3.15. The van der Waals surface area contributed by atoms with Crippen LogP contribution in [0.5, 0.6) is 5.75 Å². The predicted molar refractivity (Wildman–Crippen MR) is 107 cm³/mol. The van der Waals surface area contributed by atoms with Crippen LogP contribution in [0.15, 0.2) is 36.4 Å². The van der Waals surface area contributed by atoms with Gasteiger partial charge in [-0.15, -0.1) is 5.10 Å². The van der Waals surface area contributed by atoms with Crippen LogP contribution in [0.4, 0.5) is 0 Å². The maximum atomic E-state index is 11.7. The first-order valence-electron chi connectivity index (χ1n) is 8.88. The number of H-pyrrole nitrogens is 1. The zero-order valence-corrected chi connectivity index (χ0v) is 16.2. The number of hydrogen-bond acceptors (Lipinski definition) is 6. The summed E-state index contributed by atoms with van der Waals surface area (Å²) in [7, 11) is 0. The largest absolute Gasteiger partial charge is 0.507 e. The highest BCUT2D eigenvalue weighted by Gasteiger charge is 2.17. The van der Waals surface area contributed by atoms with Crippen LogP contribution in [-0.2, 0) is 12.8 Å². The molecule has 0 radical (unpaired) electrons. The van der Waals surface area contributed by atoms with Gasteiger partial charge in [0.1, 0.15) is 5.75 Å². The predicted octanol–water partition coefficient (Wildman–Crippen LogP) is 3.94.